The van der Waals surface area contributed by atoms with Gasteiger partial charge in [0.25, 0.3) is 0 Å². The number of carbonyl (C=O) groups is 1. The van der Waals surface area contributed by atoms with E-state index in [9.17, 15) is 15.0 Å². The van der Waals surface area contributed by atoms with E-state index in [-0.39, 0.29) is 12.2 Å². The molecule has 1 aliphatic heterocycles. The summed E-state index contributed by atoms with van der Waals surface area (Å²) in [5, 5.41) is 20.0. The second-order valence-corrected chi connectivity index (χ2v) is 15.2. The maximum absolute atomic E-state index is 11.3. The Kier molecular flexibility index (Phi) is 8.16. The summed E-state index contributed by atoms with van der Waals surface area (Å²) in [7, 11) is -1.64. The van der Waals surface area contributed by atoms with Crippen LogP contribution in [0.15, 0.2) is 60.7 Å². The first kappa shape index (κ1) is 26.0. The third-order valence-electron chi connectivity index (χ3n) is 7.37. The van der Waals surface area contributed by atoms with E-state index in [1.54, 1.807) is 12.1 Å². The van der Waals surface area contributed by atoms with Gasteiger partial charge < -0.3 is 19.8 Å². The fourth-order valence-corrected chi connectivity index (χ4v) is 6.64. The van der Waals surface area contributed by atoms with Crippen LogP contribution in [0, 0.1) is 0 Å². The number of hydrogen-bond donors (Lipinski definition) is 2. The highest BCUT2D eigenvalue weighted by Crippen LogP contribution is 2.36. The molecule has 0 aromatic heterocycles. The number of anilines is 1. The van der Waals surface area contributed by atoms with Crippen molar-refractivity contribution in [2.24, 2.45) is 0 Å². The number of aliphatic hydroxyl groups is 1. The maximum Gasteiger partial charge on any atom is 0.335 e. The molecule has 0 aliphatic carbocycles. The SMILES string of the molecule is CC[Si](C)(C)c1cc(-c2cc(-c3ccc(C(=O)O)cc3)ccc2OCCCO)ccc1N1CCCC1. The van der Waals surface area contributed by atoms with Gasteiger partial charge in [0.05, 0.1) is 20.2 Å². The molecule has 6 heteroatoms. The minimum atomic E-state index is -1.64. The molecule has 3 aromatic rings. The Morgan fingerprint density at radius 1 is 0.944 bits per heavy atom. The number of rotatable bonds is 10. The Bertz CT molecular complexity index is 1200. The Morgan fingerprint density at radius 2 is 1.61 bits per heavy atom. The average Bonchev–Trinajstić information content (AvgIpc) is 3.44. The van der Waals surface area contributed by atoms with E-state index in [0.29, 0.717) is 13.0 Å². The molecule has 0 spiro atoms. The number of carboxylic acid groups (broad SMARTS) is 1. The number of benzene rings is 3. The third kappa shape index (κ3) is 5.66. The van der Waals surface area contributed by atoms with Crippen LogP contribution in [0.5, 0.6) is 5.75 Å². The minimum absolute atomic E-state index is 0.0916. The summed E-state index contributed by atoms with van der Waals surface area (Å²) in [6.07, 6.45) is 3.08. The summed E-state index contributed by atoms with van der Waals surface area (Å²) >= 11 is 0. The lowest BCUT2D eigenvalue weighted by atomic mass is 9.97. The van der Waals surface area contributed by atoms with Crippen LogP contribution >= 0.6 is 0 Å². The highest BCUT2D eigenvalue weighted by Gasteiger charge is 2.28. The van der Waals surface area contributed by atoms with Crippen LogP contribution in [-0.4, -0.2) is 50.6 Å². The van der Waals surface area contributed by atoms with Crippen molar-refractivity contribution in [3.05, 3.63) is 66.2 Å². The lowest BCUT2D eigenvalue weighted by Crippen LogP contribution is -2.44. The van der Waals surface area contributed by atoms with E-state index in [0.717, 1.165) is 41.1 Å². The Balaban J connectivity index is 1.81. The molecule has 1 aliphatic rings. The van der Waals surface area contributed by atoms with E-state index < -0.39 is 14.0 Å². The van der Waals surface area contributed by atoms with Gasteiger partial charge in [0.2, 0.25) is 0 Å². The number of aromatic carboxylic acids is 1. The molecule has 1 heterocycles. The fraction of sp³-hybridized carbons (Fsp3) is 0.367. The smallest absolute Gasteiger partial charge is 0.335 e. The van der Waals surface area contributed by atoms with Gasteiger partial charge in [-0.1, -0.05) is 56.4 Å². The highest BCUT2D eigenvalue weighted by atomic mass is 28.3. The molecule has 36 heavy (non-hydrogen) atoms. The van der Waals surface area contributed by atoms with Gasteiger partial charge >= 0.3 is 5.97 Å². The number of ether oxygens (including phenoxy) is 1. The van der Waals surface area contributed by atoms with Crippen molar-refractivity contribution in [3.8, 4) is 28.0 Å². The van der Waals surface area contributed by atoms with Crippen molar-refractivity contribution >= 4 is 24.9 Å². The normalized spacial score (nSPS) is 13.7. The zero-order valence-corrected chi connectivity index (χ0v) is 22.6. The Labute approximate surface area is 215 Å². The molecule has 3 aromatic carbocycles. The first-order valence-corrected chi connectivity index (χ1v) is 16.2. The molecule has 190 valence electrons. The van der Waals surface area contributed by atoms with E-state index in [1.165, 1.54) is 29.8 Å². The summed E-state index contributed by atoms with van der Waals surface area (Å²) < 4.78 is 6.12. The van der Waals surface area contributed by atoms with E-state index in [4.69, 9.17) is 4.74 Å². The van der Waals surface area contributed by atoms with Crippen LogP contribution < -0.4 is 14.8 Å². The van der Waals surface area contributed by atoms with Gasteiger partial charge in [-0.15, -0.1) is 0 Å². The van der Waals surface area contributed by atoms with E-state index in [1.807, 2.05) is 24.3 Å². The molecule has 0 radical (unpaired) electrons. The zero-order chi connectivity index (χ0) is 25.7. The molecule has 5 nitrogen and oxygen atoms in total. The van der Waals surface area contributed by atoms with Gasteiger partial charge in [0.15, 0.2) is 0 Å². The van der Waals surface area contributed by atoms with Crippen molar-refractivity contribution in [3.63, 3.8) is 0 Å². The van der Waals surface area contributed by atoms with Crippen molar-refractivity contribution in [2.75, 3.05) is 31.2 Å². The molecule has 0 amide bonds. The van der Waals surface area contributed by atoms with Crippen LogP contribution in [0.2, 0.25) is 19.1 Å². The summed E-state index contributed by atoms with van der Waals surface area (Å²) in [6, 6.07) is 21.2. The summed E-state index contributed by atoms with van der Waals surface area (Å²) in [6.45, 7) is 9.99. The third-order valence-corrected chi connectivity index (χ3v) is 11.0. The fourth-order valence-electron chi connectivity index (χ4n) is 4.78. The van der Waals surface area contributed by atoms with Crippen LogP contribution in [-0.2, 0) is 0 Å². The quantitative estimate of drug-likeness (QED) is 0.262. The van der Waals surface area contributed by atoms with Crippen molar-refractivity contribution in [2.45, 2.75) is 45.3 Å². The number of nitrogens with zero attached hydrogens (tertiary/aromatic N) is 1. The van der Waals surface area contributed by atoms with E-state index >= 15 is 0 Å². The van der Waals surface area contributed by atoms with E-state index in [2.05, 4.69) is 49.2 Å². The maximum atomic E-state index is 11.3. The van der Waals surface area contributed by atoms with Crippen molar-refractivity contribution < 1.29 is 19.7 Å². The summed E-state index contributed by atoms with van der Waals surface area (Å²) in [5.74, 6) is -0.131. The molecule has 0 bridgehead atoms. The molecule has 0 atom stereocenters. The van der Waals surface area contributed by atoms with Gasteiger partial charge in [0.1, 0.15) is 5.75 Å². The van der Waals surface area contributed by atoms with Gasteiger partial charge in [-0.25, -0.2) is 4.79 Å². The predicted octanol–water partition coefficient (Wildman–Crippen LogP) is 6.02. The van der Waals surface area contributed by atoms with Crippen LogP contribution in [0.25, 0.3) is 22.3 Å². The molecule has 4 rings (SSSR count). The lowest BCUT2D eigenvalue weighted by molar-refractivity contribution is 0.0697. The molecule has 1 fully saturated rings. The van der Waals surface area contributed by atoms with Crippen LogP contribution in [0.3, 0.4) is 0 Å². The summed E-state index contributed by atoms with van der Waals surface area (Å²) in [4.78, 5) is 13.8. The Morgan fingerprint density at radius 3 is 2.25 bits per heavy atom. The number of carboxylic acids is 1. The topological polar surface area (TPSA) is 70.0 Å². The Hall–Kier alpha value is -3.09. The predicted molar refractivity (Wildman–Crippen MR) is 151 cm³/mol. The molecule has 0 unspecified atom stereocenters. The van der Waals surface area contributed by atoms with Gasteiger partial charge in [-0.3, -0.25) is 0 Å². The highest BCUT2D eigenvalue weighted by molar-refractivity contribution is 6.90. The molecule has 1 saturated heterocycles. The monoisotopic (exact) mass is 503 g/mol. The largest absolute Gasteiger partial charge is 0.493 e. The first-order valence-electron chi connectivity index (χ1n) is 13.0. The van der Waals surface area contributed by atoms with Gasteiger partial charge in [-0.2, -0.15) is 0 Å². The number of hydrogen-bond acceptors (Lipinski definition) is 4. The minimum Gasteiger partial charge on any atom is -0.493 e. The molecular weight excluding hydrogens is 466 g/mol. The van der Waals surface area contributed by atoms with Gasteiger partial charge in [0, 0.05) is 37.4 Å². The number of aliphatic hydroxyl groups excluding tert-OH is 1. The van der Waals surface area contributed by atoms with Crippen LogP contribution in [0.1, 0.15) is 36.5 Å². The van der Waals surface area contributed by atoms with Crippen molar-refractivity contribution in [1.82, 2.24) is 0 Å². The van der Waals surface area contributed by atoms with Crippen molar-refractivity contribution in [1.29, 1.82) is 0 Å². The molecule has 2 N–H and O–H groups in total. The van der Waals surface area contributed by atoms with Crippen LogP contribution in [0.4, 0.5) is 5.69 Å². The first-order chi connectivity index (χ1) is 17.3. The molecular formula is C30H37NO4Si. The average molecular weight is 504 g/mol. The summed E-state index contributed by atoms with van der Waals surface area (Å²) in [5.41, 5.74) is 5.77. The second-order valence-electron chi connectivity index (χ2n) is 10.2. The lowest BCUT2D eigenvalue weighted by Gasteiger charge is -2.30. The standard InChI is InChI=1S/C30H37NO4Si/c1-4-36(2,3)29-21-25(12-14-27(29)31-16-5-6-17-31)26-20-24(13-15-28(26)35-19-7-18-32)22-8-10-23(11-9-22)30(33)34/h8-15,20-21,32H,4-7,16-19H2,1-3H3,(H,33,34). The second kappa shape index (κ2) is 11.3. The molecule has 0 saturated carbocycles. The zero-order valence-electron chi connectivity index (χ0n) is 21.6. The van der Waals surface area contributed by atoms with Gasteiger partial charge in [-0.05, 0) is 65.1 Å².